The number of rotatable bonds is 6. The van der Waals surface area contributed by atoms with Crippen molar-refractivity contribution < 1.29 is 14.3 Å². The number of piperazine rings is 1. The van der Waals surface area contributed by atoms with Gasteiger partial charge in [0.1, 0.15) is 0 Å². The van der Waals surface area contributed by atoms with Gasteiger partial charge in [-0.25, -0.2) is 9.79 Å². The summed E-state index contributed by atoms with van der Waals surface area (Å²) in [6.07, 6.45) is 0.226. The molecular weight excluding hydrogens is 508 g/mol. The van der Waals surface area contributed by atoms with Crippen molar-refractivity contribution in [3.63, 3.8) is 0 Å². The number of fused-ring (bicyclic) bond motifs is 1. The van der Waals surface area contributed by atoms with Gasteiger partial charge >= 0.3 is 5.97 Å². The molecule has 1 saturated heterocycles. The number of hydrogen-bond donors (Lipinski definition) is 0. The van der Waals surface area contributed by atoms with Gasteiger partial charge < -0.3 is 19.4 Å². The lowest BCUT2D eigenvalue weighted by atomic mass is 9.91. The molecule has 1 fully saturated rings. The van der Waals surface area contributed by atoms with Gasteiger partial charge in [0.05, 0.1) is 30.3 Å². The first-order valence-electron chi connectivity index (χ1n) is 12.4. The van der Waals surface area contributed by atoms with Crippen LogP contribution in [0.4, 0.5) is 0 Å². The molecule has 0 aromatic heterocycles. The van der Waals surface area contributed by atoms with E-state index in [0.29, 0.717) is 29.4 Å². The summed E-state index contributed by atoms with van der Waals surface area (Å²) in [5.74, 6) is -0.364. The molecule has 0 radical (unpaired) electrons. The second-order valence-corrected chi connectivity index (χ2v) is 10.4. The highest BCUT2D eigenvalue weighted by molar-refractivity contribution is 8.16. The number of benzene rings is 2. The van der Waals surface area contributed by atoms with E-state index in [0.717, 1.165) is 35.1 Å². The van der Waals surface area contributed by atoms with E-state index in [-0.39, 0.29) is 18.9 Å². The Labute approximate surface area is 226 Å². The molecule has 3 heterocycles. The molecule has 5 rings (SSSR count). The number of likely N-dealkylation sites (N-methyl/N-ethyl adjacent to an activating group) is 1. The summed E-state index contributed by atoms with van der Waals surface area (Å²) in [5, 5.41) is 3.26. The Bertz CT molecular complexity index is 1290. The van der Waals surface area contributed by atoms with Crippen molar-refractivity contribution in [2.24, 2.45) is 4.99 Å². The minimum atomic E-state index is -0.540. The Morgan fingerprint density at radius 2 is 1.84 bits per heavy atom. The molecule has 0 saturated carbocycles. The maximum atomic E-state index is 13.5. The summed E-state index contributed by atoms with van der Waals surface area (Å²) >= 11 is 7.88. The molecule has 7 nitrogen and oxygen atoms in total. The molecule has 37 heavy (non-hydrogen) atoms. The summed E-state index contributed by atoms with van der Waals surface area (Å²) in [4.78, 5) is 37.9. The van der Waals surface area contributed by atoms with E-state index >= 15 is 0 Å². The number of amides is 1. The largest absolute Gasteiger partial charge is 0.463 e. The molecule has 3 aliphatic rings. The molecule has 1 atom stereocenters. The van der Waals surface area contributed by atoms with Gasteiger partial charge in [-0.1, -0.05) is 65.8 Å². The number of thioether (sulfide) groups is 1. The fourth-order valence-corrected chi connectivity index (χ4v) is 5.92. The van der Waals surface area contributed by atoms with Gasteiger partial charge in [0, 0.05) is 42.5 Å². The zero-order valence-corrected chi connectivity index (χ0v) is 22.5. The van der Waals surface area contributed by atoms with E-state index in [1.807, 2.05) is 63.7 Å². The minimum absolute atomic E-state index is 0.0709. The molecule has 3 aliphatic heterocycles. The summed E-state index contributed by atoms with van der Waals surface area (Å²) < 4.78 is 5.55. The van der Waals surface area contributed by atoms with Crippen molar-refractivity contribution in [2.45, 2.75) is 19.4 Å². The van der Waals surface area contributed by atoms with Crippen LogP contribution in [0, 0.1) is 0 Å². The van der Waals surface area contributed by atoms with Crippen molar-refractivity contribution in [3.8, 4) is 0 Å². The van der Waals surface area contributed by atoms with Crippen LogP contribution in [0.15, 0.2) is 76.3 Å². The van der Waals surface area contributed by atoms with Crippen LogP contribution in [0.3, 0.4) is 0 Å². The molecule has 192 valence electrons. The fraction of sp³-hybridized carbons (Fsp3) is 0.321. The van der Waals surface area contributed by atoms with Gasteiger partial charge in [-0.05, 0) is 37.1 Å². The first kappa shape index (κ1) is 25.6. The molecule has 2 aromatic rings. The monoisotopic (exact) mass is 536 g/mol. The number of hydrogen-bond acceptors (Lipinski definition) is 7. The number of carbonyl (C=O) groups is 2. The molecular formula is C28H29ClN4O3S. The Morgan fingerprint density at radius 3 is 2.54 bits per heavy atom. The smallest absolute Gasteiger partial charge is 0.338 e. The highest BCUT2D eigenvalue weighted by Crippen LogP contribution is 2.47. The number of aliphatic imine (C=N–C) groups is 1. The SMILES string of the molecule is CCOC(=O)C1=C(c2ccccc2)N=C2SC=C(CC(=O)N3CCN(C)CC3)N2C1c1cccc(Cl)c1. The number of halogens is 1. The average Bonchev–Trinajstić information content (AvgIpc) is 3.30. The van der Waals surface area contributed by atoms with Gasteiger partial charge in [0.15, 0.2) is 5.17 Å². The third kappa shape index (κ3) is 5.32. The van der Waals surface area contributed by atoms with E-state index < -0.39 is 12.0 Å². The molecule has 2 aromatic carbocycles. The molecule has 0 N–H and O–H groups in total. The van der Waals surface area contributed by atoms with E-state index in [2.05, 4.69) is 11.9 Å². The van der Waals surface area contributed by atoms with Crippen molar-refractivity contribution in [1.29, 1.82) is 0 Å². The Balaban J connectivity index is 1.58. The Kier molecular flexibility index (Phi) is 7.69. The van der Waals surface area contributed by atoms with Crippen molar-refractivity contribution in [2.75, 3.05) is 39.8 Å². The third-order valence-electron chi connectivity index (χ3n) is 6.71. The van der Waals surface area contributed by atoms with Crippen LogP contribution in [0.5, 0.6) is 0 Å². The highest BCUT2D eigenvalue weighted by Gasteiger charge is 2.42. The van der Waals surface area contributed by atoms with Gasteiger partial charge in [-0.3, -0.25) is 4.79 Å². The minimum Gasteiger partial charge on any atom is -0.463 e. The van der Waals surface area contributed by atoms with Crippen LogP contribution in [0.1, 0.15) is 30.5 Å². The number of nitrogens with zero attached hydrogens (tertiary/aromatic N) is 4. The maximum Gasteiger partial charge on any atom is 0.338 e. The van der Waals surface area contributed by atoms with Crippen LogP contribution < -0.4 is 0 Å². The average molecular weight is 537 g/mol. The molecule has 1 unspecified atom stereocenters. The van der Waals surface area contributed by atoms with Gasteiger partial charge in [-0.15, -0.1) is 0 Å². The van der Waals surface area contributed by atoms with E-state index in [4.69, 9.17) is 21.3 Å². The lowest BCUT2D eigenvalue weighted by molar-refractivity contribution is -0.139. The normalized spacial score (nSPS) is 19.9. The van der Waals surface area contributed by atoms with Crippen LogP contribution >= 0.6 is 23.4 Å². The summed E-state index contributed by atoms with van der Waals surface area (Å²) in [7, 11) is 2.07. The van der Waals surface area contributed by atoms with Gasteiger partial charge in [0.25, 0.3) is 0 Å². The van der Waals surface area contributed by atoms with E-state index in [1.54, 1.807) is 13.0 Å². The fourth-order valence-electron chi connectivity index (χ4n) is 4.80. The second kappa shape index (κ2) is 11.1. The molecule has 0 aliphatic carbocycles. The van der Waals surface area contributed by atoms with Crippen LogP contribution in [-0.2, 0) is 14.3 Å². The van der Waals surface area contributed by atoms with Crippen molar-refractivity contribution >= 4 is 46.1 Å². The Morgan fingerprint density at radius 1 is 1.08 bits per heavy atom. The summed E-state index contributed by atoms with van der Waals surface area (Å²) in [6.45, 7) is 5.16. The molecule has 9 heteroatoms. The number of esters is 1. The second-order valence-electron chi connectivity index (χ2n) is 9.16. The highest BCUT2D eigenvalue weighted by atomic mass is 35.5. The van der Waals surface area contributed by atoms with Crippen LogP contribution in [0.2, 0.25) is 5.02 Å². The third-order valence-corrected chi connectivity index (χ3v) is 7.83. The van der Waals surface area contributed by atoms with E-state index in [9.17, 15) is 9.59 Å². The van der Waals surface area contributed by atoms with E-state index in [1.165, 1.54) is 11.8 Å². The maximum absolute atomic E-state index is 13.5. The predicted molar refractivity (Wildman–Crippen MR) is 148 cm³/mol. The van der Waals surface area contributed by atoms with Crippen molar-refractivity contribution in [1.82, 2.24) is 14.7 Å². The molecule has 0 bridgehead atoms. The first-order valence-corrected chi connectivity index (χ1v) is 13.6. The lowest BCUT2D eigenvalue weighted by Gasteiger charge is -2.38. The van der Waals surface area contributed by atoms with Crippen molar-refractivity contribution in [3.05, 3.63) is 87.4 Å². The number of ether oxygens (including phenoxy) is 1. The zero-order valence-electron chi connectivity index (χ0n) is 20.9. The molecule has 0 spiro atoms. The Hall–Kier alpha value is -3.07. The lowest BCUT2D eigenvalue weighted by Crippen LogP contribution is -2.47. The quantitative estimate of drug-likeness (QED) is 0.495. The van der Waals surface area contributed by atoms with Gasteiger partial charge in [-0.2, -0.15) is 0 Å². The zero-order chi connectivity index (χ0) is 25.9. The topological polar surface area (TPSA) is 65.5 Å². The standard InChI is InChI=1S/C28H29ClN4O3S/c1-3-36-27(35)24-25(19-8-5-4-6-9-19)30-28-33(26(24)20-10-7-11-21(29)16-20)22(18-37-28)17-23(34)32-14-12-31(2)13-15-32/h4-11,16,18,26H,3,12-15,17H2,1-2H3. The van der Waals surface area contributed by atoms with Crippen LogP contribution in [-0.4, -0.2) is 71.6 Å². The summed E-state index contributed by atoms with van der Waals surface area (Å²) in [6, 6.07) is 16.6. The first-order chi connectivity index (χ1) is 18.0. The van der Waals surface area contributed by atoms with Gasteiger partial charge in [0.2, 0.25) is 5.91 Å². The predicted octanol–water partition coefficient (Wildman–Crippen LogP) is 4.78. The number of carbonyl (C=O) groups excluding carboxylic acids is 2. The number of amidine groups is 1. The molecule has 1 amide bonds. The summed E-state index contributed by atoms with van der Waals surface area (Å²) in [5.41, 5.74) is 3.47. The van der Waals surface area contributed by atoms with Crippen LogP contribution in [0.25, 0.3) is 5.70 Å².